The summed E-state index contributed by atoms with van der Waals surface area (Å²) in [7, 11) is 3.27. The van der Waals surface area contributed by atoms with Crippen LogP contribution in [0.15, 0.2) is 18.2 Å². The van der Waals surface area contributed by atoms with Crippen molar-refractivity contribution >= 4 is 5.91 Å². The number of ether oxygens (including phenoxy) is 2. The van der Waals surface area contributed by atoms with Gasteiger partial charge in [0.25, 0.3) is 0 Å². The van der Waals surface area contributed by atoms with Gasteiger partial charge in [0.05, 0.1) is 14.2 Å². The van der Waals surface area contributed by atoms with Gasteiger partial charge in [-0.15, -0.1) is 0 Å². The first-order chi connectivity index (χ1) is 10.6. The number of hydrogen-bond donors (Lipinski definition) is 1. The Morgan fingerprint density at radius 3 is 2.64 bits per heavy atom. The van der Waals surface area contributed by atoms with E-state index in [2.05, 4.69) is 0 Å². The van der Waals surface area contributed by atoms with E-state index >= 15 is 0 Å². The summed E-state index contributed by atoms with van der Waals surface area (Å²) in [6.45, 7) is 3.36. The maximum Gasteiger partial charge on any atom is 0.222 e. The fourth-order valence-electron chi connectivity index (χ4n) is 3.16. The minimum Gasteiger partial charge on any atom is -0.493 e. The molecule has 2 atom stereocenters. The molecule has 122 valence electrons. The molecule has 0 aromatic heterocycles. The number of piperidine rings is 1. The molecule has 1 saturated heterocycles. The van der Waals surface area contributed by atoms with E-state index in [0.29, 0.717) is 18.9 Å². The van der Waals surface area contributed by atoms with E-state index in [1.54, 1.807) is 14.2 Å². The van der Waals surface area contributed by atoms with Gasteiger partial charge in [-0.2, -0.15) is 0 Å². The molecule has 0 spiro atoms. The van der Waals surface area contributed by atoms with Crippen molar-refractivity contribution in [2.24, 2.45) is 11.7 Å². The minimum atomic E-state index is 0.0643. The molecule has 2 N–H and O–H groups in total. The highest BCUT2D eigenvalue weighted by atomic mass is 16.5. The molecular weight excluding hydrogens is 280 g/mol. The molecule has 1 aromatic rings. The lowest BCUT2D eigenvalue weighted by molar-refractivity contribution is -0.133. The topological polar surface area (TPSA) is 64.8 Å². The van der Waals surface area contributed by atoms with Crippen LogP contribution in [0.3, 0.4) is 0 Å². The molecule has 1 aromatic carbocycles. The maximum atomic E-state index is 11.9. The van der Waals surface area contributed by atoms with E-state index in [-0.39, 0.29) is 11.9 Å². The molecule has 1 fully saturated rings. The molecule has 1 aliphatic rings. The zero-order chi connectivity index (χ0) is 16.1. The number of methoxy groups -OCH3 is 2. The normalized spacial score (nSPS) is 21.5. The Labute approximate surface area is 132 Å². The summed E-state index contributed by atoms with van der Waals surface area (Å²) in [5.74, 6) is 2.04. The van der Waals surface area contributed by atoms with Crippen LogP contribution in [0, 0.1) is 5.92 Å². The number of carbonyl (C=O) groups is 1. The summed E-state index contributed by atoms with van der Waals surface area (Å²) < 4.78 is 10.6. The van der Waals surface area contributed by atoms with Gasteiger partial charge < -0.3 is 20.1 Å². The van der Waals surface area contributed by atoms with E-state index in [4.69, 9.17) is 15.2 Å². The van der Waals surface area contributed by atoms with Crippen LogP contribution in [0.25, 0.3) is 0 Å². The van der Waals surface area contributed by atoms with Crippen molar-refractivity contribution in [3.8, 4) is 11.5 Å². The Balaban J connectivity index is 2.07. The van der Waals surface area contributed by atoms with Gasteiger partial charge in [-0.1, -0.05) is 13.0 Å². The first-order valence-electron chi connectivity index (χ1n) is 7.81. The van der Waals surface area contributed by atoms with Crippen molar-refractivity contribution in [3.05, 3.63) is 23.8 Å². The van der Waals surface area contributed by atoms with Crippen LogP contribution in [0.2, 0.25) is 0 Å². The van der Waals surface area contributed by atoms with Crippen molar-refractivity contribution in [3.63, 3.8) is 0 Å². The summed E-state index contributed by atoms with van der Waals surface area (Å²) in [4.78, 5) is 13.8. The second-order valence-electron chi connectivity index (χ2n) is 5.91. The number of nitrogens with two attached hydrogens (primary N) is 1. The highest BCUT2D eigenvalue weighted by Gasteiger charge is 2.27. The monoisotopic (exact) mass is 306 g/mol. The average molecular weight is 306 g/mol. The van der Waals surface area contributed by atoms with Gasteiger partial charge in [-0.05, 0) is 36.5 Å². The van der Waals surface area contributed by atoms with E-state index in [1.807, 2.05) is 30.0 Å². The molecule has 0 bridgehead atoms. The van der Waals surface area contributed by atoms with Gasteiger partial charge in [-0.25, -0.2) is 0 Å². The molecule has 0 saturated carbocycles. The van der Waals surface area contributed by atoms with Crippen molar-refractivity contribution in [1.29, 1.82) is 0 Å². The Bertz CT molecular complexity index is 519. The number of nitrogens with zero attached hydrogens (tertiary/aromatic N) is 1. The second kappa shape index (κ2) is 7.49. The Hall–Kier alpha value is -1.75. The number of hydrogen-bond acceptors (Lipinski definition) is 4. The summed E-state index contributed by atoms with van der Waals surface area (Å²) in [5.41, 5.74) is 7.31. The molecule has 0 aliphatic carbocycles. The van der Waals surface area contributed by atoms with Gasteiger partial charge >= 0.3 is 0 Å². The summed E-state index contributed by atoms with van der Waals surface area (Å²) in [6, 6.07) is 6.04. The van der Waals surface area contributed by atoms with Gasteiger partial charge in [0, 0.05) is 25.6 Å². The van der Waals surface area contributed by atoms with Crippen molar-refractivity contribution < 1.29 is 14.3 Å². The lowest BCUT2D eigenvalue weighted by Gasteiger charge is -2.36. The molecule has 1 aliphatic heterocycles. The number of rotatable bonds is 5. The van der Waals surface area contributed by atoms with Crippen molar-refractivity contribution in [2.45, 2.75) is 32.2 Å². The fraction of sp³-hybridized carbons (Fsp3) is 0.588. The smallest absolute Gasteiger partial charge is 0.222 e. The van der Waals surface area contributed by atoms with Crippen LogP contribution in [0.4, 0.5) is 0 Å². The predicted molar refractivity (Wildman–Crippen MR) is 86.2 cm³/mol. The Morgan fingerprint density at radius 1 is 1.27 bits per heavy atom. The lowest BCUT2D eigenvalue weighted by atomic mass is 9.89. The van der Waals surface area contributed by atoms with Crippen LogP contribution in [-0.4, -0.2) is 44.2 Å². The van der Waals surface area contributed by atoms with Crippen LogP contribution in [0.5, 0.6) is 11.5 Å². The van der Waals surface area contributed by atoms with Gasteiger partial charge in [-0.3, -0.25) is 4.79 Å². The highest BCUT2D eigenvalue weighted by molar-refractivity contribution is 5.76. The third kappa shape index (κ3) is 3.91. The SMILES string of the molecule is CCC(=O)N1CC(N)CC(Cc2ccc(OC)c(OC)c2)C1. The first kappa shape index (κ1) is 16.6. The Morgan fingerprint density at radius 2 is 2.00 bits per heavy atom. The molecule has 5 nitrogen and oxygen atoms in total. The Kier molecular flexibility index (Phi) is 5.66. The number of amides is 1. The quantitative estimate of drug-likeness (QED) is 0.901. The number of benzene rings is 1. The van der Waals surface area contributed by atoms with Crippen LogP contribution < -0.4 is 15.2 Å². The lowest BCUT2D eigenvalue weighted by Crippen LogP contribution is -2.49. The molecular formula is C17H26N2O3. The molecule has 5 heteroatoms. The van der Waals surface area contributed by atoms with Gasteiger partial charge in [0.2, 0.25) is 5.91 Å². The molecule has 2 unspecified atom stereocenters. The maximum absolute atomic E-state index is 11.9. The molecule has 0 radical (unpaired) electrons. The molecule has 1 heterocycles. The molecule has 2 rings (SSSR count). The van der Waals surface area contributed by atoms with Gasteiger partial charge in [0.1, 0.15) is 0 Å². The van der Waals surface area contributed by atoms with Crippen LogP contribution in [-0.2, 0) is 11.2 Å². The van der Waals surface area contributed by atoms with Gasteiger partial charge in [0.15, 0.2) is 11.5 Å². The van der Waals surface area contributed by atoms with E-state index in [1.165, 1.54) is 5.56 Å². The standard InChI is InChI=1S/C17H26N2O3/c1-4-17(20)19-10-13(8-14(18)11-19)7-12-5-6-15(21-2)16(9-12)22-3/h5-6,9,13-14H,4,7-8,10-11,18H2,1-3H3. The zero-order valence-electron chi connectivity index (χ0n) is 13.7. The average Bonchev–Trinajstić information content (AvgIpc) is 2.53. The summed E-state index contributed by atoms with van der Waals surface area (Å²) >= 11 is 0. The fourth-order valence-corrected chi connectivity index (χ4v) is 3.16. The first-order valence-corrected chi connectivity index (χ1v) is 7.81. The number of likely N-dealkylation sites (tertiary alicyclic amines) is 1. The predicted octanol–water partition coefficient (Wildman–Crippen LogP) is 1.83. The van der Waals surface area contributed by atoms with E-state index in [9.17, 15) is 4.79 Å². The second-order valence-corrected chi connectivity index (χ2v) is 5.91. The van der Waals surface area contributed by atoms with Crippen LogP contribution >= 0.6 is 0 Å². The minimum absolute atomic E-state index is 0.0643. The van der Waals surface area contributed by atoms with Crippen LogP contribution in [0.1, 0.15) is 25.3 Å². The third-order valence-corrected chi connectivity index (χ3v) is 4.20. The summed E-state index contributed by atoms with van der Waals surface area (Å²) in [5, 5.41) is 0. The van der Waals surface area contributed by atoms with Crippen molar-refractivity contribution in [1.82, 2.24) is 4.90 Å². The van der Waals surface area contributed by atoms with Crippen molar-refractivity contribution in [2.75, 3.05) is 27.3 Å². The largest absolute Gasteiger partial charge is 0.493 e. The highest BCUT2D eigenvalue weighted by Crippen LogP contribution is 2.29. The number of carbonyl (C=O) groups excluding carboxylic acids is 1. The summed E-state index contributed by atoms with van der Waals surface area (Å²) in [6.07, 6.45) is 2.37. The molecule has 22 heavy (non-hydrogen) atoms. The van der Waals surface area contributed by atoms with E-state index < -0.39 is 0 Å². The molecule has 1 amide bonds. The third-order valence-electron chi connectivity index (χ3n) is 4.20. The zero-order valence-corrected chi connectivity index (χ0v) is 13.7. The van der Waals surface area contributed by atoms with E-state index in [0.717, 1.165) is 30.9 Å².